The molecule has 0 unspecified atom stereocenters. The largest absolute Gasteiger partial charge is 0.343 e. The molecule has 0 aliphatic heterocycles. The molecule has 0 spiro atoms. The Morgan fingerprint density at radius 2 is 2.05 bits per heavy atom. The Balaban J connectivity index is 1.86. The molecular formula is C15H11FN6. The zero-order valence-corrected chi connectivity index (χ0v) is 11.7. The van der Waals surface area contributed by atoms with Gasteiger partial charge in [0.15, 0.2) is 5.65 Å². The minimum Gasteiger partial charge on any atom is -0.343 e. The van der Waals surface area contributed by atoms with Crippen LogP contribution >= 0.6 is 0 Å². The SMILES string of the molecule is Cc1nc(-c2[nH]cnc2-c2ccc3ncnn3c2)ccc1F. The molecule has 0 amide bonds. The van der Waals surface area contributed by atoms with E-state index in [-0.39, 0.29) is 5.82 Å². The number of pyridine rings is 2. The van der Waals surface area contributed by atoms with Crippen molar-refractivity contribution in [3.05, 3.63) is 54.6 Å². The average Bonchev–Trinajstić information content (AvgIpc) is 3.17. The molecule has 0 aliphatic carbocycles. The molecule has 0 aliphatic rings. The first-order valence-corrected chi connectivity index (χ1v) is 6.69. The predicted molar refractivity (Wildman–Crippen MR) is 78.5 cm³/mol. The van der Waals surface area contributed by atoms with Crippen LogP contribution in [0.25, 0.3) is 28.3 Å². The molecule has 108 valence electrons. The van der Waals surface area contributed by atoms with Crippen molar-refractivity contribution in [2.24, 2.45) is 0 Å². The van der Waals surface area contributed by atoms with E-state index in [0.717, 1.165) is 22.6 Å². The summed E-state index contributed by atoms with van der Waals surface area (Å²) in [6.07, 6.45) is 4.93. The zero-order valence-electron chi connectivity index (χ0n) is 11.7. The van der Waals surface area contributed by atoms with E-state index in [0.29, 0.717) is 11.4 Å². The highest BCUT2D eigenvalue weighted by Gasteiger charge is 2.13. The van der Waals surface area contributed by atoms with Crippen molar-refractivity contribution in [1.29, 1.82) is 0 Å². The van der Waals surface area contributed by atoms with Gasteiger partial charge >= 0.3 is 0 Å². The second kappa shape index (κ2) is 4.73. The van der Waals surface area contributed by atoms with Crippen molar-refractivity contribution >= 4 is 5.65 Å². The zero-order chi connectivity index (χ0) is 15.1. The summed E-state index contributed by atoms with van der Waals surface area (Å²) in [4.78, 5) is 15.8. The average molecular weight is 294 g/mol. The number of aromatic amines is 1. The molecule has 0 atom stereocenters. The molecule has 4 heterocycles. The van der Waals surface area contributed by atoms with Crippen molar-refractivity contribution in [3.63, 3.8) is 0 Å². The lowest BCUT2D eigenvalue weighted by Crippen LogP contribution is -1.94. The molecule has 4 rings (SSSR count). The molecule has 1 N–H and O–H groups in total. The van der Waals surface area contributed by atoms with Gasteiger partial charge in [-0.1, -0.05) is 0 Å². The summed E-state index contributed by atoms with van der Waals surface area (Å²) in [5.74, 6) is -0.325. The number of imidazole rings is 1. The van der Waals surface area contributed by atoms with Crippen LogP contribution in [-0.2, 0) is 0 Å². The maximum absolute atomic E-state index is 13.4. The van der Waals surface area contributed by atoms with E-state index < -0.39 is 0 Å². The topological polar surface area (TPSA) is 71.8 Å². The Hall–Kier alpha value is -3.09. The summed E-state index contributed by atoms with van der Waals surface area (Å²) in [6.45, 7) is 1.64. The maximum atomic E-state index is 13.4. The second-order valence-electron chi connectivity index (χ2n) is 4.87. The maximum Gasteiger partial charge on any atom is 0.155 e. The summed E-state index contributed by atoms with van der Waals surface area (Å²) in [6, 6.07) is 6.82. The van der Waals surface area contributed by atoms with Crippen LogP contribution in [-0.4, -0.2) is 29.5 Å². The lowest BCUT2D eigenvalue weighted by atomic mass is 10.1. The number of H-pyrrole nitrogens is 1. The number of rotatable bonds is 2. The Morgan fingerprint density at radius 3 is 2.91 bits per heavy atom. The highest BCUT2D eigenvalue weighted by molar-refractivity contribution is 5.76. The Bertz CT molecular complexity index is 971. The predicted octanol–water partition coefficient (Wildman–Crippen LogP) is 2.63. The summed E-state index contributed by atoms with van der Waals surface area (Å²) in [7, 11) is 0. The van der Waals surface area contributed by atoms with Crippen molar-refractivity contribution in [2.45, 2.75) is 6.92 Å². The van der Waals surface area contributed by atoms with Gasteiger partial charge in [-0.25, -0.2) is 23.9 Å². The number of hydrogen-bond acceptors (Lipinski definition) is 4. The first-order chi connectivity index (χ1) is 10.7. The van der Waals surface area contributed by atoms with Crippen LogP contribution in [0.1, 0.15) is 5.69 Å². The molecule has 6 nitrogen and oxygen atoms in total. The van der Waals surface area contributed by atoms with E-state index in [1.807, 2.05) is 18.3 Å². The Morgan fingerprint density at radius 1 is 1.14 bits per heavy atom. The third-order valence-electron chi connectivity index (χ3n) is 3.46. The van der Waals surface area contributed by atoms with Gasteiger partial charge in [-0.15, -0.1) is 0 Å². The molecule has 7 heteroatoms. The molecule has 0 fully saturated rings. The lowest BCUT2D eigenvalue weighted by Gasteiger charge is -2.04. The van der Waals surface area contributed by atoms with Crippen LogP contribution in [0.3, 0.4) is 0 Å². The highest BCUT2D eigenvalue weighted by atomic mass is 19.1. The van der Waals surface area contributed by atoms with Gasteiger partial charge < -0.3 is 4.98 Å². The molecule has 0 bridgehead atoms. The van der Waals surface area contributed by atoms with Gasteiger partial charge in [0.2, 0.25) is 0 Å². The summed E-state index contributed by atoms with van der Waals surface area (Å²) in [5.41, 5.74) is 4.10. The van der Waals surface area contributed by atoms with Gasteiger partial charge in [0.25, 0.3) is 0 Å². The van der Waals surface area contributed by atoms with Crippen LogP contribution in [0.15, 0.2) is 43.1 Å². The number of nitrogens with zero attached hydrogens (tertiary/aromatic N) is 5. The van der Waals surface area contributed by atoms with Gasteiger partial charge in [-0.05, 0) is 31.2 Å². The van der Waals surface area contributed by atoms with Gasteiger partial charge in [0.1, 0.15) is 12.1 Å². The summed E-state index contributed by atoms with van der Waals surface area (Å²) < 4.78 is 15.1. The van der Waals surface area contributed by atoms with E-state index in [4.69, 9.17) is 0 Å². The van der Waals surface area contributed by atoms with E-state index >= 15 is 0 Å². The van der Waals surface area contributed by atoms with Crippen molar-refractivity contribution in [2.75, 3.05) is 0 Å². The molecule has 4 aromatic rings. The van der Waals surface area contributed by atoms with E-state index in [1.54, 1.807) is 23.8 Å². The van der Waals surface area contributed by atoms with E-state index in [9.17, 15) is 4.39 Å². The van der Waals surface area contributed by atoms with Gasteiger partial charge in [-0.3, -0.25) is 0 Å². The van der Waals surface area contributed by atoms with Crippen LogP contribution in [0, 0.1) is 12.7 Å². The number of aryl methyl sites for hydroxylation is 1. The molecule has 4 aromatic heterocycles. The summed E-state index contributed by atoms with van der Waals surface area (Å²) >= 11 is 0. The second-order valence-corrected chi connectivity index (χ2v) is 4.87. The monoisotopic (exact) mass is 294 g/mol. The number of halogens is 1. The number of aromatic nitrogens is 6. The van der Waals surface area contributed by atoms with Crippen LogP contribution < -0.4 is 0 Å². The fourth-order valence-electron chi connectivity index (χ4n) is 2.35. The Kier molecular flexibility index (Phi) is 2.72. The fraction of sp³-hybridized carbons (Fsp3) is 0.0667. The first-order valence-electron chi connectivity index (χ1n) is 6.69. The lowest BCUT2D eigenvalue weighted by molar-refractivity contribution is 0.610. The van der Waals surface area contributed by atoms with Gasteiger partial charge in [0, 0.05) is 11.8 Å². The third kappa shape index (κ3) is 1.95. The summed E-state index contributed by atoms with van der Waals surface area (Å²) in [5, 5.41) is 4.12. The molecule has 0 saturated heterocycles. The van der Waals surface area contributed by atoms with E-state index in [1.165, 1.54) is 12.4 Å². The van der Waals surface area contributed by atoms with Crippen molar-refractivity contribution in [3.8, 4) is 22.6 Å². The third-order valence-corrected chi connectivity index (χ3v) is 3.46. The molecule has 0 aromatic carbocycles. The van der Waals surface area contributed by atoms with E-state index in [2.05, 4.69) is 25.0 Å². The molecule has 0 saturated carbocycles. The normalized spacial score (nSPS) is 11.2. The smallest absolute Gasteiger partial charge is 0.155 e. The number of fused-ring (bicyclic) bond motifs is 1. The quantitative estimate of drug-likeness (QED) is 0.617. The standard InChI is InChI=1S/C15H11FN6/c1-9-11(16)3-4-12(21-9)15-14(18-7-19-15)10-2-5-13-17-8-20-22(13)6-10/h2-8H,1H3,(H,18,19). The molecular weight excluding hydrogens is 283 g/mol. The fourth-order valence-corrected chi connectivity index (χ4v) is 2.35. The highest BCUT2D eigenvalue weighted by Crippen LogP contribution is 2.28. The van der Waals surface area contributed by atoms with Crippen LogP contribution in [0.4, 0.5) is 4.39 Å². The van der Waals surface area contributed by atoms with Gasteiger partial charge in [0.05, 0.1) is 29.1 Å². The number of hydrogen-bond donors (Lipinski definition) is 1. The first kappa shape index (κ1) is 12.6. The van der Waals surface area contributed by atoms with Gasteiger partial charge in [-0.2, -0.15) is 5.10 Å². The molecule has 22 heavy (non-hydrogen) atoms. The van der Waals surface area contributed by atoms with Crippen LogP contribution in [0.5, 0.6) is 0 Å². The van der Waals surface area contributed by atoms with Crippen molar-refractivity contribution < 1.29 is 4.39 Å². The molecule has 0 radical (unpaired) electrons. The number of nitrogens with one attached hydrogen (secondary N) is 1. The Labute approximate surface area is 124 Å². The van der Waals surface area contributed by atoms with Crippen LogP contribution in [0.2, 0.25) is 0 Å². The minimum atomic E-state index is -0.325. The minimum absolute atomic E-state index is 0.325. The van der Waals surface area contributed by atoms with Crippen molar-refractivity contribution in [1.82, 2.24) is 29.5 Å².